The number of nitrogens with zero attached hydrogens (tertiary/aromatic N) is 2. The van der Waals surface area contributed by atoms with Gasteiger partial charge in [0.25, 0.3) is 0 Å². The summed E-state index contributed by atoms with van der Waals surface area (Å²) in [4.78, 5) is 4.22. The van der Waals surface area contributed by atoms with E-state index in [4.69, 9.17) is 11.0 Å². The zero-order valence-corrected chi connectivity index (χ0v) is 10.8. The van der Waals surface area contributed by atoms with Gasteiger partial charge < -0.3 is 5.73 Å². The first-order valence-electron chi connectivity index (χ1n) is 4.48. The van der Waals surface area contributed by atoms with Crippen LogP contribution >= 0.6 is 27.7 Å². The Balaban J connectivity index is 2.39. The Labute approximate surface area is 102 Å². The van der Waals surface area contributed by atoms with Gasteiger partial charge in [-0.15, -0.1) is 11.8 Å². The fourth-order valence-electron chi connectivity index (χ4n) is 0.871. The Morgan fingerprint density at radius 3 is 2.93 bits per heavy atom. The Bertz CT molecular complexity index is 356. The summed E-state index contributed by atoms with van der Waals surface area (Å²) in [7, 11) is 0. The molecule has 1 aromatic rings. The van der Waals surface area contributed by atoms with Gasteiger partial charge in [0.2, 0.25) is 0 Å². The molecule has 0 fully saturated rings. The number of thioether (sulfide) groups is 1. The predicted octanol–water partition coefficient (Wildman–Crippen LogP) is 2.57. The van der Waals surface area contributed by atoms with Crippen molar-refractivity contribution in [1.29, 1.82) is 5.26 Å². The van der Waals surface area contributed by atoms with Gasteiger partial charge in [-0.2, -0.15) is 5.26 Å². The molecule has 0 bridgehead atoms. The molecule has 0 spiro atoms. The van der Waals surface area contributed by atoms with Crippen molar-refractivity contribution in [2.75, 3.05) is 5.75 Å². The van der Waals surface area contributed by atoms with Crippen LogP contribution in [0.25, 0.3) is 0 Å². The Morgan fingerprint density at radius 1 is 1.67 bits per heavy atom. The number of nitriles is 1. The van der Waals surface area contributed by atoms with E-state index in [1.807, 2.05) is 12.1 Å². The van der Waals surface area contributed by atoms with Crippen LogP contribution in [0.2, 0.25) is 0 Å². The maximum Gasteiger partial charge on any atom is 0.102 e. The molecule has 0 aliphatic carbocycles. The summed E-state index contributed by atoms with van der Waals surface area (Å²) in [6.07, 6.45) is 2.42. The van der Waals surface area contributed by atoms with Gasteiger partial charge in [-0.1, -0.05) is 0 Å². The first kappa shape index (κ1) is 12.5. The van der Waals surface area contributed by atoms with Crippen LogP contribution in [-0.4, -0.2) is 16.3 Å². The van der Waals surface area contributed by atoms with Gasteiger partial charge in [0.15, 0.2) is 0 Å². The Kier molecular flexibility index (Phi) is 4.58. The number of halogens is 1. The van der Waals surface area contributed by atoms with Gasteiger partial charge in [-0.3, -0.25) is 0 Å². The summed E-state index contributed by atoms with van der Waals surface area (Å²) in [6, 6.07) is 5.96. The molecule has 0 radical (unpaired) electrons. The Hall–Kier alpha value is -0.570. The normalized spacial score (nSPS) is 14.3. The van der Waals surface area contributed by atoms with E-state index in [-0.39, 0.29) is 0 Å². The number of aromatic nitrogens is 1. The largest absolute Gasteiger partial charge is 0.314 e. The van der Waals surface area contributed by atoms with E-state index in [2.05, 4.69) is 27.0 Å². The second-order valence-electron chi connectivity index (χ2n) is 3.44. The summed E-state index contributed by atoms with van der Waals surface area (Å²) in [6.45, 7) is 1.74. The van der Waals surface area contributed by atoms with Crippen LogP contribution in [0.4, 0.5) is 0 Å². The highest BCUT2D eigenvalue weighted by molar-refractivity contribution is 9.10. The molecule has 0 amide bonds. The minimum absolute atomic E-state index is 0.659. The molecule has 0 saturated carbocycles. The van der Waals surface area contributed by atoms with Gasteiger partial charge >= 0.3 is 0 Å². The smallest absolute Gasteiger partial charge is 0.102 e. The van der Waals surface area contributed by atoms with Gasteiger partial charge in [-0.05, 0) is 41.4 Å². The summed E-state index contributed by atoms with van der Waals surface area (Å²) in [5, 5.41) is 9.67. The number of rotatable bonds is 4. The molecule has 0 aliphatic heterocycles. The van der Waals surface area contributed by atoms with Crippen LogP contribution in [0.1, 0.15) is 13.3 Å². The Morgan fingerprint density at radius 2 is 2.40 bits per heavy atom. The van der Waals surface area contributed by atoms with Crippen molar-refractivity contribution in [2.45, 2.75) is 23.9 Å². The third-order valence-electron chi connectivity index (χ3n) is 1.83. The van der Waals surface area contributed by atoms with Crippen molar-refractivity contribution in [3.8, 4) is 6.07 Å². The standard InChI is InChI=1S/C10H12BrN3S/c1-10(13,7-12)4-5-15-9-3-2-8(11)6-14-9/h2-3,6H,4-5,13H2,1H3. The zero-order valence-electron chi connectivity index (χ0n) is 8.40. The van der Waals surface area contributed by atoms with E-state index < -0.39 is 5.54 Å². The molecule has 0 aromatic carbocycles. The average molecular weight is 286 g/mol. The lowest BCUT2D eigenvalue weighted by Crippen LogP contribution is -2.34. The molecule has 3 nitrogen and oxygen atoms in total. The van der Waals surface area contributed by atoms with E-state index in [0.29, 0.717) is 6.42 Å². The highest BCUT2D eigenvalue weighted by Gasteiger charge is 2.16. The molecule has 1 heterocycles. The second-order valence-corrected chi connectivity index (χ2v) is 5.47. The number of hydrogen-bond acceptors (Lipinski definition) is 4. The van der Waals surface area contributed by atoms with E-state index in [0.717, 1.165) is 15.3 Å². The highest BCUT2D eigenvalue weighted by Crippen LogP contribution is 2.20. The fourth-order valence-corrected chi connectivity index (χ4v) is 2.13. The number of pyridine rings is 1. The second kappa shape index (κ2) is 5.50. The summed E-state index contributed by atoms with van der Waals surface area (Å²) in [5.41, 5.74) is 4.97. The average Bonchev–Trinajstić information content (AvgIpc) is 2.21. The van der Waals surface area contributed by atoms with Crippen LogP contribution in [0.15, 0.2) is 27.8 Å². The van der Waals surface area contributed by atoms with Crippen molar-refractivity contribution in [1.82, 2.24) is 4.98 Å². The lowest BCUT2D eigenvalue weighted by Gasteiger charge is -2.13. The van der Waals surface area contributed by atoms with E-state index in [1.165, 1.54) is 0 Å². The predicted molar refractivity (Wildman–Crippen MR) is 65.5 cm³/mol. The van der Waals surface area contributed by atoms with Gasteiger partial charge in [-0.25, -0.2) is 4.98 Å². The monoisotopic (exact) mass is 285 g/mol. The molecule has 1 atom stereocenters. The minimum Gasteiger partial charge on any atom is -0.314 e. The molecule has 2 N–H and O–H groups in total. The molecule has 1 aromatic heterocycles. The quantitative estimate of drug-likeness (QED) is 0.864. The lowest BCUT2D eigenvalue weighted by molar-refractivity contribution is 0.583. The van der Waals surface area contributed by atoms with Crippen LogP contribution in [0, 0.1) is 11.3 Å². The lowest BCUT2D eigenvalue weighted by atomic mass is 10.0. The molecule has 15 heavy (non-hydrogen) atoms. The molecule has 80 valence electrons. The SMILES string of the molecule is CC(N)(C#N)CCSc1ccc(Br)cn1. The van der Waals surface area contributed by atoms with Crippen molar-refractivity contribution in [2.24, 2.45) is 5.73 Å². The van der Waals surface area contributed by atoms with Gasteiger partial charge in [0.05, 0.1) is 11.1 Å². The molecule has 1 unspecified atom stereocenters. The van der Waals surface area contributed by atoms with Crippen molar-refractivity contribution in [3.63, 3.8) is 0 Å². The molecule has 1 rings (SSSR count). The summed E-state index contributed by atoms with van der Waals surface area (Å²) in [5.74, 6) is 0.801. The van der Waals surface area contributed by atoms with Crippen LogP contribution in [0.3, 0.4) is 0 Å². The van der Waals surface area contributed by atoms with E-state index in [1.54, 1.807) is 24.9 Å². The van der Waals surface area contributed by atoms with Crippen molar-refractivity contribution < 1.29 is 0 Å². The first-order chi connectivity index (χ1) is 7.03. The molecule has 5 heteroatoms. The maximum absolute atomic E-state index is 8.72. The zero-order chi connectivity index (χ0) is 11.3. The molecular weight excluding hydrogens is 274 g/mol. The molecule has 0 saturated heterocycles. The first-order valence-corrected chi connectivity index (χ1v) is 6.26. The van der Waals surface area contributed by atoms with Crippen LogP contribution in [0.5, 0.6) is 0 Å². The van der Waals surface area contributed by atoms with Crippen LogP contribution in [-0.2, 0) is 0 Å². The molecule has 0 aliphatic rings. The fraction of sp³-hybridized carbons (Fsp3) is 0.400. The summed E-state index contributed by atoms with van der Waals surface area (Å²) >= 11 is 4.93. The topological polar surface area (TPSA) is 62.7 Å². The van der Waals surface area contributed by atoms with E-state index in [9.17, 15) is 0 Å². The minimum atomic E-state index is -0.734. The maximum atomic E-state index is 8.72. The van der Waals surface area contributed by atoms with Crippen molar-refractivity contribution >= 4 is 27.7 Å². The summed E-state index contributed by atoms with van der Waals surface area (Å²) < 4.78 is 0.965. The van der Waals surface area contributed by atoms with Crippen molar-refractivity contribution in [3.05, 3.63) is 22.8 Å². The number of hydrogen-bond donors (Lipinski definition) is 1. The highest BCUT2D eigenvalue weighted by atomic mass is 79.9. The van der Waals surface area contributed by atoms with Gasteiger partial charge in [0.1, 0.15) is 5.54 Å². The third kappa shape index (κ3) is 4.65. The van der Waals surface area contributed by atoms with Crippen LogP contribution < -0.4 is 5.73 Å². The molecular formula is C10H12BrN3S. The number of nitrogens with two attached hydrogens (primary N) is 1. The van der Waals surface area contributed by atoms with Gasteiger partial charge in [0, 0.05) is 16.4 Å². The third-order valence-corrected chi connectivity index (χ3v) is 3.24. The van der Waals surface area contributed by atoms with E-state index >= 15 is 0 Å².